The summed E-state index contributed by atoms with van der Waals surface area (Å²) in [5, 5.41) is 16.3. The van der Waals surface area contributed by atoms with Crippen LogP contribution in [0.25, 0.3) is 21.6 Å². The van der Waals surface area contributed by atoms with E-state index < -0.39 is 45.3 Å². The number of hydrogen-bond acceptors (Lipinski definition) is 13. The molecular weight excluding hydrogens is 585 g/mol. The smallest absolute Gasteiger partial charge is 0.459 e. The molecule has 0 radical (unpaired) electrons. The number of para-hydroxylation sites is 1. The predicted octanol–water partition coefficient (Wildman–Crippen LogP) is 3.52. The number of ether oxygens (including phenoxy) is 3. The maximum absolute atomic E-state index is 13.8. The van der Waals surface area contributed by atoms with Gasteiger partial charge in [-0.2, -0.15) is 15.1 Å². The van der Waals surface area contributed by atoms with Crippen LogP contribution in [0.4, 0.5) is 5.95 Å². The average Bonchev–Trinajstić information content (AvgIpc) is 3.41. The second-order valence-corrected chi connectivity index (χ2v) is 10.7. The van der Waals surface area contributed by atoms with Crippen LogP contribution in [0.1, 0.15) is 39.8 Å². The number of anilines is 1. The van der Waals surface area contributed by atoms with Gasteiger partial charge in [-0.1, -0.05) is 36.7 Å². The normalized spacial score (nSPS) is 14.7. The number of benzene rings is 1. The number of nitrogens with one attached hydrogen (secondary N) is 1. The molecule has 0 saturated heterocycles. The molecule has 234 valence electrons. The molecule has 3 rings (SSSR count). The first kappa shape index (κ1) is 33.5. The summed E-state index contributed by atoms with van der Waals surface area (Å²) >= 11 is 0. The summed E-state index contributed by atoms with van der Waals surface area (Å²) in [6, 6.07) is 7.16. The fourth-order valence-electron chi connectivity index (χ4n) is 3.64. The lowest BCUT2D eigenvalue weighted by molar-refractivity contribution is -0.145. The number of esters is 1. The monoisotopic (exact) mass is 621 g/mol. The van der Waals surface area contributed by atoms with E-state index in [1.165, 1.54) is 17.8 Å². The first-order valence-corrected chi connectivity index (χ1v) is 15.1. The van der Waals surface area contributed by atoms with Crippen LogP contribution >= 0.6 is 7.75 Å². The standard InChI is InChI=1S/C25H36N9O8P/c1-4-6-12-39-24(36)17(3)32-43(37,42-18-10-8-7-9-11-18)40-15-19(14-35)41-20(13-29-33-27)34-16-28-21-22(34)30-25(26)31-23(21)38-5-2/h7-11,16-17,19-20,35H,4-6,12-15H2,1-3H3,(H,32,37)(H2,26,30,31)/t17-,19-,20+,43?/m0/s1. The highest BCUT2D eigenvalue weighted by Gasteiger charge is 2.34. The number of nitrogen functional groups attached to an aromatic ring is 1. The Balaban J connectivity index is 1.82. The zero-order valence-electron chi connectivity index (χ0n) is 24.1. The van der Waals surface area contributed by atoms with Crippen molar-refractivity contribution in [2.24, 2.45) is 5.11 Å². The predicted molar refractivity (Wildman–Crippen MR) is 155 cm³/mol. The number of hydrogen-bond donors (Lipinski definition) is 3. The van der Waals surface area contributed by atoms with Crippen LogP contribution in [0, 0.1) is 0 Å². The van der Waals surface area contributed by atoms with Gasteiger partial charge in [0.1, 0.15) is 24.1 Å². The van der Waals surface area contributed by atoms with Crippen molar-refractivity contribution in [1.29, 1.82) is 0 Å². The third-order valence-corrected chi connectivity index (χ3v) is 7.34. The minimum absolute atomic E-state index is 0.0882. The Kier molecular flexibility index (Phi) is 12.9. The molecule has 0 amide bonds. The molecule has 2 heterocycles. The van der Waals surface area contributed by atoms with Crippen LogP contribution in [-0.2, 0) is 23.4 Å². The lowest BCUT2D eigenvalue weighted by Crippen LogP contribution is -2.36. The van der Waals surface area contributed by atoms with Gasteiger partial charge in [0, 0.05) is 4.91 Å². The number of unbranched alkanes of at least 4 members (excludes halogenated alkanes) is 1. The van der Waals surface area contributed by atoms with E-state index in [2.05, 4.69) is 30.1 Å². The molecule has 1 aromatic carbocycles. The van der Waals surface area contributed by atoms with Gasteiger partial charge in [-0.15, -0.1) is 0 Å². The second kappa shape index (κ2) is 16.6. The first-order chi connectivity index (χ1) is 20.7. The molecule has 1 unspecified atom stereocenters. The molecular formula is C25H36N9O8P. The zero-order valence-corrected chi connectivity index (χ0v) is 25.0. The Labute approximate surface area is 247 Å². The van der Waals surface area contributed by atoms with Gasteiger partial charge in [0.25, 0.3) is 0 Å². The Morgan fingerprint density at radius 2 is 2.05 bits per heavy atom. The van der Waals surface area contributed by atoms with Crippen LogP contribution in [0.15, 0.2) is 41.8 Å². The number of carbonyl (C=O) groups excluding carboxylic acids is 1. The first-order valence-electron chi connectivity index (χ1n) is 13.6. The number of aliphatic hydroxyl groups is 1. The molecule has 0 aliphatic rings. The largest absolute Gasteiger partial charge is 0.476 e. The van der Waals surface area contributed by atoms with Gasteiger partial charge in [0.2, 0.25) is 11.8 Å². The van der Waals surface area contributed by atoms with Crippen LogP contribution in [0.5, 0.6) is 11.6 Å². The molecule has 17 nitrogen and oxygen atoms in total. The van der Waals surface area contributed by atoms with Gasteiger partial charge < -0.3 is 29.6 Å². The minimum atomic E-state index is -4.24. The number of nitrogens with zero attached hydrogens (tertiary/aromatic N) is 7. The number of azide groups is 1. The van der Waals surface area contributed by atoms with E-state index in [9.17, 15) is 14.5 Å². The summed E-state index contributed by atoms with van der Waals surface area (Å²) in [4.78, 5) is 27.8. The molecule has 0 saturated carbocycles. The highest BCUT2D eigenvalue weighted by atomic mass is 31.2. The summed E-state index contributed by atoms with van der Waals surface area (Å²) in [6.07, 6.45) is 0.700. The van der Waals surface area contributed by atoms with Crippen molar-refractivity contribution >= 4 is 30.8 Å². The van der Waals surface area contributed by atoms with Gasteiger partial charge in [-0.3, -0.25) is 13.9 Å². The summed E-state index contributed by atoms with van der Waals surface area (Å²) in [7, 11) is -4.24. The molecule has 2 aromatic heterocycles. The molecule has 0 aliphatic carbocycles. The zero-order chi connectivity index (χ0) is 31.2. The van der Waals surface area contributed by atoms with Gasteiger partial charge >= 0.3 is 13.7 Å². The molecule has 0 bridgehead atoms. The van der Waals surface area contributed by atoms with Crippen molar-refractivity contribution in [3.8, 4) is 11.6 Å². The number of nitrogens with two attached hydrogens (primary N) is 1. The third-order valence-electron chi connectivity index (χ3n) is 5.70. The maximum Gasteiger partial charge on any atom is 0.459 e. The number of aromatic nitrogens is 4. The van der Waals surface area contributed by atoms with E-state index in [-0.39, 0.29) is 41.9 Å². The molecule has 0 fully saturated rings. The summed E-state index contributed by atoms with van der Waals surface area (Å²) in [5.74, 6) is -0.367. The van der Waals surface area contributed by atoms with Crippen LogP contribution in [-0.4, -0.2) is 75.7 Å². The van der Waals surface area contributed by atoms with Crippen LogP contribution in [0.3, 0.4) is 0 Å². The number of fused-ring (bicyclic) bond motifs is 1. The summed E-state index contributed by atoms with van der Waals surface area (Å²) in [6.45, 7) is 4.39. The molecule has 0 spiro atoms. The Bertz CT molecular complexity index is 1420. The highest BCUT2D eigenvalue weighted by Crippen LogP contribution is 2.45. The van der Waals surface area contributed by atoms with Crippen molar-refractivity contribution < 1.29 is 37.7 Å². The van der Waals surface area contributed by atoms with E-state index in [0.717, 1.165) is 6.42 Å². The molecule has 4 atom stereocenters. The van der Waals surface area contributed by atoms with E-state index in [4.69, 9.17) is 34.5 Å². The van der Waals surface area contributed by atoms with Gasteiger partial charge in [-0.05, 0) is 37.9 Å². The fourth-order valence-corrected chi connectivity index (χ4v) is 5.16. The second-order valence-electron chi connectivity index (χ2n) is 9.02. The fraction of sp³-hybridized carbons (Fsp3) is 0.520. The Hall–Kier alpha value is -3.98. The minimum Gasteiger partial charge on any atom is -0.476 e. The van der Waals surface area contributed by atoms with Crippen molar-refractivity contribution in [2.75, 3.05) is 38.7 Å². The Morgan fingerprint density at radius 3 is 2.72 bits per heavy atom. The van der Waals surface area contributed by atoms with Gasteiger partial charge in [-0.25, -0.2) is 9.55 Å². The van der Waals surface area contributed by atoms with Crippen LogP contribution in [0.2, 0.25) is 0 Å². The number of imidazole rings is 1. The van der Waals surface area contributed by atoms with Gasteiger partial charge in [0.05, 0.1) is 39.3 Å². The molecule has 43 heavy (non-hydrogen) atoms. The molecule has 18 heteroatoms. The number of aliphatic hydroxyl groups excluding tert-OH is 1. The number of rotatable bonds is 19. The SMILES string of the molecule is CCCCOC(=O)[C@H](C)NP(=O)(OC[C@H](CO)O[C@H](CN=[N+]=[N-])n1cnc2c(OCC)nc(N)nc21)Oc1ccccc1. The van der Waals surface area contributed by atoms with E-state index in [0.29, 0.717) is 13.0 Å². The summed E-state index contributed by atoms with van der Waals surface area (Å²) < 4.78 is 43.3. The number of carbonyl (C=O) groups is 1. The topological polar surface area (TPSA) is 231 Å². The van der Waals surface area contributed by atoms with E-state index in [1.807, 2.05) is 6.92 Å². The summed E-state index contributed by atoms with van der Waals surface area (Å²) in [5.41, 5.74) is 15.3. The van der Waals surface area contributed by atoms with Crippen LogP contribution < -0.4 is 20.1 Å². The third kappa shape index (κ3) is 9.78. The van der Waals surface area contributed by atoms with Crippen molar-refractivity contribution in [1.82, 2.24) is 24.6 Å². The lowest BCUT2D eigenvalue weighted by Gasteiger charge is -2.27. The lowest BCUT2D eigenvalue weighted by atomic mass is 10.3. The molecule has 4 N–H and O–H groups in total. The van der Waals surface area contributed by atoms with Crippen molar-refractivity contribution in [3.63, 3.8) is 0 Å². The van der Waals surface area contributed by atoms with Crippen molar-refractivity contribution in [2.45, 2.75) is 52.0 Å². The van der Waals surface area contributed by atoms with E-state index >= 15 is 0 Å². The Morgan fingerprint density at radius 1 is 1.28 bits per heavy atom. The van der Waals surface area contributed by atoms with Gasteiger partial charge in [0.15, 0.2) is 11.2 Å². The maximum atomic E-state index is 13.8. The highest BCUT2D eigenvalue weighted by molar-refractivity contribution is 7.52. The van der Waals surface area contributed by atoms with Crippen molar-refractivity contribution in [3.05, 3.63) is 47.1 Å². The quantitative estimate of drug-likeness (QED) is 0.0435. The molecule has 0 aliphatic heterocycles. The van der Waals surface area contributed by atoms with E-state index in [1.54, 1.807) is 37.3 Å². The average molecular weight is 622 g/mol. The molecule has 3 aromatic rings.